The summed E-state index contributed by atoms with van der Waals surface area (Å²) in [5, 5.41) is 0.321. The van der Waals surface area contributed by atoms with E-state index in [0.29, 0.717) is 30.2 Å². The van der Waals surface area contributed by atoms with E-state index in [2.05, 4.69) is 27.0 Å². The number of fused-ring (bicyclic) bond motifs is 1. The molecule has 2 aromatic heterocycles. The Morgan fingerprint density at radius 2 is 1.84 bits per heavy atom. The van der Waals surface area contributed by atoms with Gasteiger partial charge in [0.25, 0.3) is 5.56 Å². The number of likely N-dealkylation sites (tertiary alicyclic amines) is 1. The van der Waals surface area contributed by atoms with E-state index in [1.54, 1.807) is 24.4 Å². The molecular formula is C29H26ClFN4O3. The van der Waals surface area contributed by atoms with Crippen LogP contribution in [0.5, 0.6) is 0 Å². The fraction of sp³-hybridized carbons (Fsp3) is 0.276. The zero-order valence-corrected chi connectivity index (χ0v) is 21.4. The molecule has 4 aromatic rings. The van der Waals surface area contributed by atoms with Crippen LogP contribution in [0.2, 0.25) is 5.15 Å². The van der Waals surface area contributed by atoms with Gasteiger partial charge in [-0.15, -0.1) is 0 Å². The smallest absolute Gasteiger partial charge is 0.266 e. The lowest BCUT2D eigenvalue weighted by molar-refractivity contribution is -0.185. The average Bonchev–Trinajstić information content (AvgIpc) is 3.38. The summed E-state index contributed by atoms with van der Waals surface area (Å²) in [5.74, 6) is -0.521. The summed E-state index contributed by atoms with van der Waals surface area (Å²) < 4.78 is 27.0. The Labute approximate surface area is 224 Å². The van der Waals surface area contributed by atoms with Crippen molar-refractivity contribution in [2.45, 2.75) is 25.2 Å². The number of aromatic nitrogens is 3. The molecule has 6 rings (SSSR count). The van der Waals surface area contributed by atoms with Crippen molar-refractivity contribution in [3.05, 3.63) is 99.1 Å². The van der Waals surface area contributed by atoms with E-state index in [1.165, 1.54) is 28.3 Å². The number of hydrogen-bond donors (Lipinski definition) is 0. The molecule has 7 nitrogen and oxygen atoms in total. The molecule has 0 saturated carbocycles. The van der Waals surface area contributed by atoms with Gasteiger partial charge in [0.15, 0.2) is 10.9 Å². The van der Waals surface area contributed by atoms with E-state index < -0.39 is 11.4 Å². The first-order valence-electron chi connectivity index (χ1n) is 12.6. The Hall–Kier alpha value is -3.43. The van der Waals surface area contributed by atoms with Gasteiger partial charge in [-0.2, -0.15) is 0 Å². The largest absolute Gasteiger partial charge is 0.347 e. The molecule has 2 saturated heterocycles. The standard InChI is InChI=1S/C29H26ClFN4O3/c30-27-25(5-2-12-32-27)35-26(33-24-8-7-22(31)18-23(24)28(35)36)9-6-20-3-1-4-21(17-20)19-34-13-10-29(11-14-34)37-15-16-38-29/h1-9,12,17-18H,10-11,13-16,19H2. The van der Waals surface area contributed by atoms with Crippen LogP contribution in [0.15, 0.2) is 65.6 Å². The molecule has 38 heavy (non-hydrogen) atoms. The number of hydrogen-bond acceptors (Lipinski definition) is 6. The van der Waals surface area contributed by atoms with Crippen molar-refractivity contribution in [3.63, 3.8) is 0 Å². The first-order valence-corrected chi connectivity index (χ1v) is 13.0. The molecule has 0 unspecified atom stereocenters. The third kappa shape index (κ3) is 5.00. The molecule has 0 radical (unpaired) electrons. The van der Waals surface area contributed by atoms with Gasteiger partial charge in [-0.05, 0) is 47.5 Å². The lowest BCUT2D eigenvalue weighted by Crippen LogP contribution is -2.44. The normalized spacial score (nSPS) is 17.6. The van der Waals surface area contributed by atoms with E-state index >= 15 is 0 Å². The van der Waals surface area contributed by atoms with E-state index in [1.807, 2.05) is 18.2 Å². The van der Waals surface area contributed by atoms with Crippen molar-refractivity contribution >= 4 is 34.7 Å². The number of ether oxygens (including phenoxy) is 2. The van der Waals surface area contributed by atoms with Gasteiger partial charge in [0, 0.05) is 38.7 Å². The second kappa shape index (κ2) is 10.4. The summed E-state index contributed by atoms with van der Waals surface area (Å²) in [5.41, 5.74) is 2.51. The Morgan fingerprint density at radius 3 is 2.63 bits per heavy atom. The number of piperidine rings is 1. The summed E-state index contributed by atoms with van der Waals surface area (Å²) in [4.78, 5) is 24.6. The zero-order valence-electron chi connectivity index (χ0n) is 20.6. The molecule has 2 aromatic carbocycles. The molecule has 0 N–H and O–H groups in total. The molecule has 0 aliphatic carbocycles. The third-order valence-corrected chi connectivity index (χ3v) is 7.34. The zero-order chi connectivity index (χ0) is 26.1. The van der Waals surface area contributed by atoms with E-state index in [0.717, 1.165) is 38.0 Å². The van der Waals surface area contributed by atoms with Crippen molar-refractivity contribution in [2.75, 3.05) is 26.3 Å². The molecule has 2 aliphatic rings. The molecule has 2 aliphatic heterocycles. The minimum atomic E-state index is -0.507. The fourth-order valence-electron chi connectivity index (χ4n) is 5.13. The number of benzene rings is 2. The number of pyridine rings is 1. The van der Waals surface area contributed by atoms with Crippen LogP contribution in [0, 0.1) is 5.82 Å². The van der Waals surface area contributed by atoms with Gasteiger partial charge in [0.1, 0.15) is 11.6 Å². The van der Waals surface area contributed by atoms with Crippen molar-refractivity contribution in [2.24, 2.45) is 0 Å². The van der Waals surface area contributed by atoms with Crippen LogP contribution >= 0.6 is 11.6 Å². The van der Waals surface area contributed by atoms with Crippen LogP contribution in [0.25, 0.3) is 28.7 Å². The van der Waals surface area contributed by atoms with Gasteiger partial charge in [-0.1, -0.05) is 41.9 Å². The van der Waals surface area contributed by atoms with Crippen molar-refractivity contribution < 1.29 is 13.9 Å². The molecule has 1 spiro atoms. The van der Waals surface area contributed by atoms with Gasteiger partial charge in [-0.3, -0.25) is 14.3 Å². The van der Waals surface area contributed by atoms with E-state index in [4.69, 9.17) is 21.1 Å². The highest BCUT2D eigenvalue weighted by Crippen LogP contribution is 2.31. The summed E-state index contributed by atoms with van der Waals surface area (Å²) >= 11 is 6.34. The maximum atomic E-state index is 13.9. The van der Waals surface area contributed by atoms with E-state index in [-0.39, 0.29) is 16.3 Å². The Bertz CT molecular complexity index is 1570. The van der Waals surface area contributed by atoms with Crippen LogP contribution in [0.1, 0.15) is 29.8 Å². The third-order valence-electron chi connectivity index (χ3n) is 7.05. The molecule has 4 heterocycles. The Balaban J connectivity index is 1.29. The Kier molecular flexibility index (Phi) is 6.80. The average molecular weight is 533 g/mol. The highest BCUT2D eigenvalue weighted by Gasteiger charge is 2.39. The van der Waals surface area contributed by atoms with Gasteiger partial charge in [-0.25, -0.2) is 14.4 Å². The fourth-order valence-corrected chi connectivity index (χ4v) is 5.33. The summed E-state index contributed by atoms with van der Waals surface area (Å²) in [7, 11) is 0. The van der Waals surface area contributed by atoms with Crippen LogP contribution in [0.3, 0.4) is 0 Å². The predicted octanol–water partition coefficient (Wildman–Crippen LogP) is 5.08. The number of nitrogens with zero attached hydrogens (tertiary/aromatic N) is 4. The molecule has 0 amide bonds. The summed E-state index contributed by atoms with van der Waals surface area (Å²) in [6, 6.07) is 15.6. The lowest BCUT2D eigenvalue weighted by atomic mass is 10.0. The summed E-state index contributed by atoms with van der Waals surface area (Å²) in [6.07, 6.45) is 6.97. The molecule has 194 valence electrons. The van der Waals surface area contributed by atoms with E-state index in [9.17, 15) is 9.18 Å². The first-order chi connectivity index (χ1) is 18.5. The Morgan fingerprint density at radius 1 is 1.03 bits per heavy atom. The van der Waals surface area contributed by atoms with Crippen LogP contribution in [-0.2, 0) is 16.0 Å². The SMILES string of the molecule is O=c1c2cc(F)ccc2nc(C=Cc2cccc(CN3CCC4(CC3)OCCO4)c2)n1-c1cccnc1Cl. The summed E-state index contributed by atoms with van der Waals surface area (Å²) in [6.45, 7) is 4.02. The minimum Gasteiger partial charge on any atom is -0.347 e. The molecule has 0 bridgehead atoms. The number of rotatable bonds is 5. The maximum Gasteiger partial charge on any atom is 0.266 e. The monoisotopic (exact) mass is 532 g/mol. The molecule has 0 atom stereocenters. The molecular weight excluding hydrogens is 507 g/mol. The van der Waals surface area contributed by atoms with Crippen molar-refractivity contribution in [1.29, 1.82) is 0 Å². The van der Waals surface area contributed by atoms with Gasteiger partial charge in [0.05, 0.1) is 29.8 Å². The van der Waals surface area contributed by atoms with Crippen molar-refractivity contribution in [3.8, 4) is 5.69 Å². The quantitative estimate of drug-likeness (QED) is 0.334. The topological polar surface area (TPSA) is 69.5 Å². The second-order valence-corrected chi connectivity index (χ2v) is 9.91. The van der Waals surface area contributed by atoms with Gasteiger partial charge >= 0.3 is 0 Å². The molecule has 9 heteroatoms. The lowest BCUT2D eigenvalue weighted by Gasteiger charge is -2.37. The highest BCUT2D eigenvalue weighted by molar-refractivity contribution is 6.31. The predicted molar refractivity (Wildman–Crippen MR) is 145 cm³/mol. The number of halogens is 2. The van der Waals surface area contributed by atoms with Crippen LogP contribution in [-0.4, -0.2) is 51.5 Å². The second-order valence-electron chi connectivity index (χ2n) is 9.55. The maximum absolute atomic E-state index is 13.9. The van der Waals surface area contributed by atoms with Crippen molar-refractivity contribution in [1.82, 2.24) is 19.4 Å². The first kappa shape index (κ1) is 24.9. The highest BCUT2D eigenvalue weighted by atomic mass is 35.5. The van der Waals surface area contributed by atoms with Crippen LogP contribution < -0.4 is 5.56 Å². The van der Waals surface area contributed by atoms with Gasteiger partial charge < -0.3 is 9.47 Å². The molecule has 2 fully saturated rings. The van der Waals surface area contributed by atoms with Gasteiger partial charge in [0.2, 0.25) is 0 Å². The minimum absolute atomic E-state index is 0.153. The van der Waals surface area contributed by atoms with Crippen LogP contribution in [0.4, 0.5) is 4.39 Å².